The molecule has 1 aromatic carbocycles. The highest BCUT2D eigenvalue weighted by Crippen LogP contribution is 2.33. The fraction of sp³-hybridized carbons (Fsp3) is 0.500. The maximum atomic E-state index is 13.4. The van der Waals surface area contributed by atoms with E-state index in [1.807, 2.05) is 20.0 Å². The van der Waals surface area contributed by atoms with Crippen LogP contribution in [0.5, 0.6) is 0 Å². The third-order valence-corrected chi connectivity index (χ3v) is 5.87. The van der Waals surface area contributed by atoms with Crippen molar-refractivity contribution in [2.24, 2.45) is 0 Å². The number of hydrogen-bond acceptors (Lipinski definition) is 5. The molecule has 32 heavy (non-hydrogen) atoms. The van der Waals surface area contributed by atoms with Crippen molar-refractivity contribution in [3.05, 3.63) is 53.2 Å². The number of anilines is 1. The smallest absolute Gasteiger partial charge is 0.247 e. The number of halogens is 1. The monoisotopic (exact) mass is 441 g/mol. The van der Waals surface area contributed by atoms with E-state index in [9.17, 15) is 14.0 Å². The van der Waals surface area contributed by atoms with E-state index in [0.29, 0.717) is 24.5 Å². The molecule has 1 aliphatic rings. The standard InChI is InChI=1S/C24H32FN5O2/c1-16-12-19(26-5)28-21(27-16)24(4)10-7-11-30(15-24)22(32)23(2,3)29-20(31)14-17-8-6-9-18(25)13-17/h6,8-9,12-13H,7,10-11,14-15H2,1-5H3,(H,29,31)(H,26,27,28)/t24-/m1/s1. The van der Waals surface area contributed by atoms with E-state index < -0.39 is 11.4 Å². The highest BCUT2D eigenvalue weighted by Gasteiger charge is 2.41. The number of aromatic nitrogens is 2. The maximum absolute atomic E-state index is 13.4. The average molecular weight is 442 g/mol. The molecule has 2 amide bonds. The summed E-state index contributed by atoms with van der Waals surface area (Å²) in [6.07, 6.45) is 1.70. The molecule has 7 nitrogen and oxygen atoms in total. The second-order valence-electron chi connectivity index (χ2n) is 9.34. The number of likely N-dealkylation sites (tertiary alicyclic amines) is 1. The van der Waals surface area contributed by atoms with Gasteiger partial charge in [0.1, 0.15) is 23.0 Å². The predicted octanol–water partition coefficient (Wildman–Crippen LogP) is 2.98. The summed E-state index contributed by atoms with van der Waals surface area (Å²) >= 11 is 0. The first-order chi connectivity index (χ1) is 15.0. The van der Waals surface area contributed by atoms with Gasteiger partial charge in [-0.2, -0.15) is 0 Å². The summed E-state index contributed by atoms with van der Waals surface area (Å²) in [7, 11) is 1.82. The van der Waals surface area contributed by atoms with Crippen LogP contribution >= 0.6 is 0 Å². The summed E-state index contributed by atoms with van der Waals surface area (Å²) in [5.74, 6) is 0.597. The summed E-state index contributed by atoms with van der Waals surface area (Å²) in [5.41, 5.74) is -0.0402. The van der Waals surface area contributed by atoms with Gasteiger partial charge in [-0.15, -0.1) is 0 Å². The van der Waals surface area contributed by atoms with E-state index in [-0.39, 0.29) is 23.7 Å². The van der Waals surface area contributed by atoms with Gasteiger partial charge in [0.15, 0.2) is 0 Å². The summed E-state index contributed by atoms with van der Waals surface area (Å²) in [6.45, 7) is 8.50. The first-order valence-corrected chi connectivity index (χ1v) is 10.9. The molecule has 1 atom stereocenters. The molecule has 2 heterocycles. The Labute approximate surface area is 188 Å². The Balaban J connectivity index is 1.71. The minimum atomic E-state index is -1.09. The van der Waals surface area contributed by atoms with Gasteiger partial charge < -0.3 is 15.5 Å². The van der Waals surface area contributed by atoms with Crippen molar-refractivity contribution in [3.63, 3.8) is 0 Å². The zero-order valence-electron chi connectivity index (χ0n) is 19.5. The molecule has 0 spiro atoms. The van der Waals surface area contributed by atoms with Gasteiger partial charge in [-0.1, -0.05) is 19.1 Å². The molecule has 0 saturated carbocycles. The second kappa shape index (κ2) is 9.22. The van der Waals surface area contributed by atoms with Crippen LogP contribution in [0.4, 0.5) is 10.2 Å². The number of carbonyl (C=O) groups excluding carboxylic acids is 2. The lowest BCUT2D eigenvalue weighted by Crippen LogP contribution is -2.59. The van der Waals surface area contributed by atoms with Gasteiger partial charge in [-0.3, -0.25) is 9.59 Å². The highest BCUT2D eigenvalue weighted by atomic mass is 19.1. The molecule has 3 rings (SSSR count). The topological polar surface area (TPSA) is 87.2 Å². The van der Waals surface area contributed by atoms with Crippen molar-refractivity contribution in [1.29, 1.82) is 0 Å². The van der Waals surface area contributed by atoms with Crippen molar-refractivity contribution in [3.8, 4) is 0 Å². The molecule has 0 unspecified atom stereocenters. The zero-order chi connectivity index (χ0) is 23.5. The van der Waals surface area contributed by atoms with Crippen molar-refractivity contribution >= 4 is 17.6 Å². The van der Waals surface area contributed by atoms with Crippen LogP contribution in [0.15, 0.2) is 30.3 Å². The number of amides is 2. The molecule has 1 aromatic heterocycles. The van der Waals surface area contributed by atoms with E-state index >= 15 is 0 Å². The summed E-state index contributed by atoms with van der Waals surface area (Å²) in [5, 5.41) is 5.89. The Kier molecular flexibility index (Phi) is 6.81. The molecular weight excluding hydrogens is 409 g/mol. The van der Waals surface area contributed by atoms with Gasteiger partial charge in [0.25, 0.3) is 0 Å². The average Bonchev–Trinajstić information content (AvgIpc) is 2.72. The van der Waals surface area contributed by atoms with Crippen LogP contribution in [0.3, 0.4) is 0 Å². The van der Waals surface area contributed by atoms with Crippen LogP contribution < -0.4 is 10.6 Å². The van der Waals surface area contributed by atoms with Crippen LogP contribution in [-0.2, 0) is 21.4 Å². The fourth-order valence-electron chi connectivity index (χ4n) is 4.24. The molecule has 0 aliphatic carbocycles. The largest absolute Gasteiger partial charge is 0.373 e. The number of aryl methyl sites for hydroxylation is 1. The first-order valence-electron chi connectivity index (χ1n) is 10.9. The molecule has 0 bridgehead atoms. The number of hydrogen-bond donors (Lipinski definition) is 2. The Hall–Kier alpha value is -3.03. The first kappa shape index (κ1) is 23.6. The number of piperidine rings is 1. The Morgan fingerprint density at radius 2 is 2.00 bits per heavy atom. The van der Waals surface area contributed by atoms with Crippen LogP contribution in [0.1, 0.15) is 50.7 Å². The fourth-order valence-corrected chi connectivity index (χ4v) is 4.24. The van der Waals surface area contributed by atoms with E-state index in [1.165, 1.54) is 12.1 Å². The van der Waals surface area contributed by atoms with Gasteiger partial charge in [-0.05, 0) is 51.3 Å². The Morgan fingerprint density at radius 3 is 2.69 bits per heavy atom. The molecule has 1 aliphatic heterocycles. The number of carbonyl (C=O) groups is 2. The van der Waals surface area contributed by atoms with E-state index in [2.05, 4.69) is 27.5 Å². The molecule has 1 fully saturated rings. The third kappa shape index (κ3) is 5.41. The predicted molar refractivity (Wildman–Crippen MR) is 122 cm³/mol. The molecule has 2 aromatic rings. The van der Waals surface area contributed by atoms with Crippen molar-refractivity contribution in [2.45, 2.75) is 57.9 Å². The van der Waals surface area contributed by atoms with Crippen LogP contribution in [0.25, 0.3) is 0 Å². The van der Waals surface area contributed by atoms with Gasteiger partial charge in [0.2, 0.25) is 11.8 Å². The minimum Gasteiger partial charge on any atom is -0.373 e. The zero-order valence-corrected chi connectivity index (χ0v) is 19.5. The van der Waals surface area contributed by atoms with Gasteiger partial charge >= 0.3 is 0 Å². The molecule has 0 radical (unpaired) electrons. The maximum Gasteiger partial charge on any atom is 0.247 e. The number of rotatable bonds is 6. The Morgan fingerprint density at radius 1 is 1.25 bits per heavy atom. The molecule has 1 saturated heterocycles. The minimum absolute atomic E-state index is 0.0100. The van der Waals surface area contributed by atoms with Crippen LogP contribution in [0.2, 0.25) is 0 Å². The SMILES string of the molecule is CNc1cc(C)nc([C@]2(C)CCCN(C(=O)C(C)(C)NC(=O)Cc3cccc(F)c3)C2)n1. The normalized spacial score (nSPS) is 18.9. The molecular formula is C24H32FN5O2. The van der Waals surface area contributed by atoms with Crippen LogP contribution in [0, 0.1) is 12.7 Å². The van der Waals surface area contributed by atoms with E-state index in [0.717, 1.165) is 24.4 Å². The van der Waals surface area contributed by atoms with Gasteiger partial charge in [0.05, 0.1) is 6.42 Å². The lowest BCUT2D eigenvalue weighted by atomic mass is 9.80. The highest BCUT2D eigenvalue weighted by molar-refractivity contribution is 5.91. The summed E-state index contributed by atoms with van der Waals surface area (Å²) in [6, 6.07) is 7.80. The Bertz CT molecular complexity index is 1010. The lowest BCUT2D eigenvalue weighted by Gasteiger charge is -2.42. The van der Waals surface area contributed by atoms with Crippen molar-refractivity contribution in [2.75, 3.05) is 25.5 Å². The molecule has 172 valence electrons. The molecule has 8 heteroatoms. The summed E-state index contributed by atoms with van der Waals surface area (Å²) in [4.78, 5) is 37.0. The van der Waals surface area contributed by atoms with E-state index in [1.54, 1.807) is 30.9 Å². The van der Waals surface area contributed by atoms with Gasteiger partial charge in [-0.25, -0.2) is 14.4 Å². The number of benzene rings is 1. The summed E-state index contributed by atoms with van der Waals surface area (Å²) < 4.78 is 13.4. The number of nitrogens with zero attached hydrogens (tertiary/aromatic N) is 3. The quantitative estimate of drug-likeness (QED) is 0.720. The lowest BCUT2D eigenvalue weighted by molar-refractivity contribution is -0.142. The van der Waals surface area contributed by atoms with E-state index in [4.69, 9.17) is 0 Å². The van der Waals surface area contributed by atoms with Crippen molar-refractivity contribution in [1.82, 2.24) is 20.2 Å². The third-order valence-electron chi connectivity index (χ3n) is 5.87. The molecule has 2 N–H and O–H groups in total. The second-order valence-corrected chi connectivity index (χ2v) is 9.34. The van der Waals surface area contributed by atoms with Crippen LogP contribution in [-0.4, -0.2) is 52.4 Å². The van der Waals surface area contributed by atoms with Crippen molar-refractivity contribution < 1.29 is 14.0 Å². The van der Waals surface area contributed by atoms with Gasteiger partial charge in [0, 0.05) is 37.3 Å². The number of nitrogens with one attached hydrogen (secondary N) is 2.